The SMILES string of the molecule is CC(C)(C#N)CN1C(=O)CC(c2ccccc2)C1=O. The molecule has 1 fully saturated rings. The molecule has 0 aliphatic carbocycles. The van der Waals surface area contributed by atoms with Crippen molar-refractivity contribution in [2.24, 2.45) is 5.41 Å². The van der Waals surface area contributed by atoms with Crippen molar-refractivity contribution >= 4 is 11.8 Å². The van der Waals surface area contributed by atoms with E-state index in [1.807, 2.05) is 30.3 Å². The Morgan fingerprint density at radius 3 is 2.53 bits per heavy atom. The lowest BCUT2D eigenvalue weighted by atomic mass is 9.95. The number of carbonyl (C=O) groups excluding carboxylic acids is 2. The first kappa shape index (κ1) is 13.3. The molecule has 0 bridgehead atoms. The molecule has 2 amide bonds. The van der Waals surface area contributed by atoms with E-state index in [4.69, 9.17) is 5.26 Å². The Kier molecular flexibility index (Phi) is 3.39. The summed E-state index contributed by atoms with van der Waals surface area (Å²) >= 11 is 0. The summed E-state index contributed by atoms with van der Waals surface area (Å²) in [4.78, 5) is 25.5. The Hall–Kier alpha value is -2.15. The van der Waals surface area contributed by atoms with E-state index >= 15 is 0 Å². The van der Waals surface area contributed by atoms with E-state index in [2.05, 4.69) is 6.07 Å². The van der Waals surface area contributed by atoms with Crippen LogP contribution in [0.15, 0.2) is 30.3 Å². The lowest BCUT2D eigenvalue weighted by Crippen LogP contribution is -2.38. The summed E-state index contributed by atoms with van der Waals surface area (Å²) in [5, 5.41) is 9.01. The Bertz CT molecular complexity index is 543. The highest BCUT2D eigenvalue weighted by atomic mass is 16.2. The van der Waals surface area contributed by atoms with Gasteiger partial charge in [-0.15, -0.1) is 0 Å². The summed E-state index contributed by atoms with van der Waals surface area (Å²) in [6.45, 7) is 3.61. The van der Waals surface area contributed by atoms with Gasteiger partial charge in [0.05, 0.1) is 17.4 Å². The Balaban J connectivity index is 2.21. The van der Waals surface area contributed by atoms with Gasteiger partial charge in [-0.1, -0.05) is 30.3 Å². The van der Waals surface area contributed by atoms with Crippen molar-refractivity contribution in [1.82, 2.24) is 4.90 Å². The molecule has 0 saturated carbocycles. The van der Waals surface area contributed by atoms with E-state index in [9.17, 15) is 9.59 Å². The molecular formula is C15H16N2O2. The van der Waals surface area contributed by atoms with Gasteiger partial charge < -0.3 is 0 Å². The van der Waals surface area contributed by atoms with Crippen LogP contribution in [0.1, 0.15) is 31.7 Å². The fraction of sp³-hybridized carbons (Fsp3) is 0.400. The molecule has 1 atom stereocenters. The average molecular weight is 256 g/mol. The van der Waals surface area contributed by atoms with Crippen molar-refractivity contribution in [3.63, 3.8) is 0 Å². The molecule has 0 N–H and O–H groups in total. The van der Waals surface area contributed by atoms with Crippen LogP contribution in [0.2, 0.25) is 0 Å². The number of likely N-dealkylation sites (tertiary alicyclic amines) is 1. The molecule has 1 aromatic rings. The van der Waals surface area contributed by atoms with Crippen molar-refractivity contribution in [3.8, 4) is 6.07 Å². The van der Waals surface area contributed by atoms with Crippen LogP contribution in [0.4, 0.5) is 0 Å². The lowest BCUT2D eigenvalue weighted by molar-refractivity contribution is -0.139. The first-order valence-corrected chi connectivity index (χ1v) is 6.25. The minimum absolute atomic E-state index is 0.157. The minimum atomic E-state index is -0.711. The van der Waals surface area contributed by atoms with Crippen LogP contribution >= 0.6 is 0 Å². The molecule has 1 heterocycles. The molecule has 19 heavy (non-hydrogen) atoms. The Morgan fingerprint density at radius 1 is 1.32 bits per heavy atom. The number of amides is 2. The number of rotatable bonds is 3. The monoisotopic (exact) mass is 256 g/mol. The van der Waals surface area contributed by atoms with E-state index in [1.165, 1.54) is 4.90 Å². The van der Waals surface area contributed by atoms with Crippen molar-refractivity contribution in [3.05, 3.63) is 35.9 Å². The largest absolute Gasteiger partial charge is 0.280 e. The highest BCUT2D eigenvalue weighted by Crippen LogP contribution is 2.31. The third kappa shape index (κ3) is 2.65. The van der Waals surface area contributed by atoms with Gasteiger partial charge in [0.15, 0.2) is 0 Å². The normalized spacial score (nSPS) is 19.6. The maximum Gasteiger partial charge on any atom is 0.237 e. The van der Waals surface area contributed by atoms with Gasteiger partial charge >= 0.3 is 0 Å². The van der Waals surface area contributed by atoms with E-state index in [0.29, 0.717) is 0 Å². The van der Waals surface area contributed by atoms with Crippen molar-refractivity contribution in [1.29, 1.82) is 5.26 Å². The number of nitrogens with zero attached hydrogens (tertiary/aromatic N) is 2. The quantitative estimate of drug-likeness (QED) is 0.778. The first-order chi connectivity index (χ1) is 8.94. The molecule has 2 rings (SSSR count). The number of imide groups is 1. The van der Waals surface area contributed by atoms with Crippen LogP contribution < -0.4 is 0 Å². The van der Waals surface area contributed by atoms with Gasteiger partial charge in [0, 0.05) is 13.0 Å². The van der Waals surface area contributed by atoms with E-state index in [1.54, 1.807) is 13.8 Å². The number of carbonyl (C=O) groups is 2. The summed E-state index contributed by atoms with van der Waals surface area (Å²) < 4.78 is 0. The van der Waals surface area contributed by atoms with Gasteiger partial charge in [0.25, 0.3) is 0 Å². The lowest BCUT2D eigenvalue weighted by Gasteiger charge is -2.22. The molecule has 1 aromatic carbocycles. The van der Waals surface area contributed by atoms with E-state index in [0.717, 1.165) is 5.56 Å². The van der Waals surface area contributed by atoms with Crippen LogP contribution in [0.3, 0.4) is 0 Å². The number of benzene rings is 1. The summed E-state index contributed by atoms with van der Waals surface area (Å²) in [6.07, 6.45) is 0.199. The third-order valence-electron chi connectivity index (χ3n) is 3.30. The maximum atomic E-state index is 12.3. The molecule has 1 aliphatic rings. The van der Waals surface area contributed by atoms with Crippen molar-refractivity contribution in [2.75, 3.05) is 6.54 Å². The fourth-order valence-electron chi connectivity index (χ4n) is 2.23. The second-order valence-corrected chi connectivity index (χ2v) is 5.48. The van der Waals surface area contributed by atoms with Gasteiger partial charge in [-0.3, -0.25) is 14.5 Å². The summed E-state index contributed by atoms with van der Waals surface area (Å²) in [6, 6.07) is 11.4. The van der Waals surface area contributed by atoms with Crippen LogP contribution in [0.25, 0.3) is 0 Å². The molecule has 0 aromatic heterocycles. The van der Waals surface area contributed by atoms with Crippen LogP contribution in [0, 0.1) is 16.7 Å². The fourth-order valence-corrected chi connectivity index (χ4v) is 2.23. The van der Waals surface area contributed by atoms with E-state index < -0.39 is 11.3 Å². The van der Waals surface area contributed by atoms with Gasteiger partial charge in [0.2, 0.25) is 11.8 Å². The maximum absolute atomic E-state index is 12.3. The van der Waals surface area contributed by atoms with Gasteiger partial charge in [-0.25, -0.2) is 0 Å². The van der Waals surface area contributed by atoms with Gasteiger partial charge in [-0.05, 0) is 19.4 Å². The zero-order valence-corrected chi connectivity index (χ0v) is 11.1. The zero-order valence-electron chi connectivity index (χ0n) is 11.1. The van der Waals surface area contributed by atoms with Crippen molar-refractivity contribution < 1.29 is 9.59 Å². The number of nitriles is 1. The molecule has 1 saturated heterocycles. The molecule has 98 valence electrons. The molecule has 0 radical (unpaired) electrons. The zero-order chi connectivity index (χ0) is 14.0. The second-order valence-electron chi connectivity index (χ2n) is 5.48. The first-order valence-electron chi connectivity index (χ1n) is 6.25. The van der Waals surface area contributed by atoms with E-state index in [-0.39, 0.29) is 24.8 Å². The van der Waals surface area contributed by atoms with Gasteiger partial charge in [0.1, 0.15) is 0 Å². The topological polar surface area (TPSA) is 61.2 Å². The summed E-state index contributed by atoms with van der Waals surface area (Å²) in [5.41, 5.74) is 0.148. The number of hydrogen-bond donors (Lipinski definition) is 0. The molecular weight excluding hydrogens is 240 g/mol. The smallest absolute Gasteiger partial charge is 0.237 e. The van der Waals surface area contributed by atoms with Crippen LogP contribution in [0.5, 0.6) is 0 Å². The average Bonchev–Trinajstić information content (AvgIpc) is 2.67. The van der Waals surface area contributed by atoms with Crippen LogP contribution in [-0.4, -0.2) is 23.3 Å². The number of hydrogen-bond acceptors (Lipinski definition) is 3. The Labute approximate surface area is 112 Å². The predicted octanol–water partition coefficient (Wildman–Crippen LogP) is 2.08. The predicted molar refractivity (Wildman–Crippen MR) is 69.9 cm³/mol. The Morgan fingerprint density at radius 2 is 1.95 bits per heavy atom. The van der Waals surface area contributed by atoms with Crippen molar-refractivity contribution in [2.45, 2.75) is 26.2 Å². The third-order valence-corrected chi connectivity index (χ3v) is 3.30. The highest BCUT2D eigenvalue weighted by molar-refractivity contribution is 6.06. The molecule has 0 spiro atoms. The standard InChI is InChI=1S/C15H16N2O2/c1-15(2,9-16)10-17-13(18)8-12(14(17)19)11-6-4-3-5-7-11/h3-7,12H,8,10H2,1-2H3. The summed E-state index contributed by atoms with van der Waals surface area (Å²) in [7, 11) is 0. The highest BCUT2D eigenvalue weighted by Gasteiger charge is 2.41. The minimum Gasteiger partial charge on any atom is -0.280 e. The summed E-state index contributed by atoms with van der Waals surface area (Å²) in [5.74, 6) is -0.787. The molecule has 4 heteroatoms. The molecule has 1 unspecified atom stereocenters. The second kappa shape index (κ2) is 4.85. The van der Waals surface area contributed by atoms with Crippen LogP contribution in [-0.2, 0) is 9.59 Å². The van der Waals surface area contributed by atoms with Gasteiger partial charge in [-0.2, -0.15) is 5.26 Å². The molecule has 4 nitrogen and oxygen atoms in total. The molecule has 1 aliphatic heterocycles.